The Labute approximate surface area is 125 Å². The number of nitrogens with one attached hydrogen (secondary N) is 2. The van der Waals surface area contributed by atoms with Crippen LogP contribution in [0.1, 0.15) is 16.1 Å². The molecule has 2 aromatic rings. The lowest BCUT2D eigenvalue weighted by atomic mass is 10.2. The van der Waals surface area contributed by atoms with Crippen LogP contribution in [0.4, 0.5) is 10.5 Å². The number of hydrogen-bond acceptors (Lipinski definition) is 3. The molecule has 0 saturated heterocycles. The van der Waals surface area contributed by atoms with E-state index in [1.54, 1.807) is 18.3 Å². The summed E-state index contributed by atoms with van der Waals surface area (Å²) in [6.07, 6.45) is 1.64. The van der Waals surface area contributed by atoms with Gasteiger partial charge in [0, 0.05) is 11.9 Å². The maximum absolute atomic E-state index is 11.7. The van der Waals surface area contributed by atoms with Crippen molar-refractivity contribution in [3.63, 3.8) is 0 Å². The Bertz CT molecular complexity index is 662. The molecule has 0 saturated carbocycles. The minimum Gasteiger partial charge on any atom is -0.478 e. The topological polar surface area (TPSA) is 91.3 Å². The van der Waals surface area contributed by atoms with Crippen molar-refractivity contribution in [3.05, 3.63) is 58.9 Å². The molecule has 0 aliphatic heterocycles. The summed E-state index contributed by atoms with van der Waals surface area (Å²) >= 11 is 5.82. The zero-order valence-electron chi connectivity index (χ0n) is 10.8. The first-order chi connectivity index (χ1) is 10.1. The highest BCUT2D eigenvalue weighted by molar-refractivity contribution is 6.33. The monoisotopic (exact) mass is 305 g/mol. The quantitative estimate of drug-likeness (QED) is 0.810. The largest absolute Gasteiger partial charge is 0.478 e. The number of pyridine rings is 1. The number of hydrogen-bond donors (Lipinski definition) is 3. The second kappa shape index (κ2) is 6.71. The molecule has 0 spiro atoms. The van der Waals surface area contributed by atoms with E-state index in [0.717, 1.165) is 5.69 Å². The van der Waals surface area contributed by atoms with Gasteiger partial charge in [-0.1, -0.05) is 17.7 Å². The highest BCUT2D eigenvalue weighted by Gasteiger charge is 2.10. The van der Waals surface area contributed by atoms with E-state index in [1.165, 1.54) is 18.2 Å². The molecule has 0 fully saturated rings. The molecule has 0 atom stereocenters. The molecule has 21 heavy (non-hydrogen) atoms. The van der Waals surface area contributed by atoms with Crippen molar-refractivity contribution in [3.8, 4) is 0 Å². The van der Waals surface area contributed by atoms with Crippen molar-refractivity contribution in [1.82, 2.24) is 10.3 Å². The van der Waals surface area contributed by atoms with E-state index in [2.05, 4.69) is 15.6 Å². The standard InChI is InChI=1S/C14H12ClN3O3/c15-12-7-9(4-5-11(12)13(19)20)18-14(21)17-8-10-3-1-2-6-16-10/h1-7H,8H2,(H,19,20)(H2,17,18,21). The summed E-state index contributed by atoms with van der Waals surface area (Å²) in [6, 6.07) is 9.15. The summed E-state index contributed by atoms with van der Waals surface area (Å²) < 4.78 is 0. The number of urea groups is 1. The summed E-state index contributed by atoms with van der Waals surface area (Å²) in [7, 11) is 0. The van der Waals surface area contributed by atoms with E-state index in [1.807, 2.05) is 6.07 Å². The van der Waals surface area contributed by atoms with Gasteiger partial charge in [0.1, 0.15) is 0 Å². The zero-order valence-corrected chi connectivity index (χ0v) is 11.6. The molecule has 0 aliphatic carbocycles. The number of anilines is 1. The van der Waals surface area contributed by atoms with E-state index in [4.69, 9.17) is 16.7 Å². The molecule has 1 aromatic heterocycles. The Kier molecular flexibility index (Phi) is 4.73. The van der Waals surface area contributed by atoms with Crippen molar-refractivity contribution in [2.75, 3.05) is 5.32 Å². The van der Waals surface area contributed by atoms with Crippen LogP contribution in [-0.2, 0) is 6.54 Å². The molecular weight excluding hydrogens is 294 g/mol. The molecule has 0 radical (unpaired) electrons. The minimum atomic E-state index is -1.12. The van der Waals surface area contributed by atoms with Gasteiger partial charge in [-0.05, 0) is 30.3 Å². The summed E-state index contributed by atoms with van der Waals surface area (Å²) in [4.78, 5) is 26.6. The van der Waals surface area contributed by atoms with E-state index in [0.29, 0.717) is 5.69 Å². The fourth-order valence-corrected chi connectivity index (χ4v) is 1.88. The van der Waals surface area contributed by atoms with Crippen LogP contribution in [0, 0.1) is 0 Å². The third-order valence-corrected chi connectivity index (χ3v) is 2.93. The number of carbonyl (C=O) groups is 2. The molecule has 6 nitrogen and oxygen atoms in total. The van der Waals surface area contributed by atoms with Gasteiger partial charge in [0.25, 0.3) is 0 Å². The molecule has 0 aliphatic rings. The van der Waals surface area contributed by atoms with Gasteiger partial charge >= 0.3 is 12.0 Å². The summed E-state index contributed by atoms with van der Waals surface area (Å²) in [5.74, 6) is -1.12. The summed E-state index contributed by atoms with van der Waals surface area (Å²) in [5.41, 5.74) is 1.12. The Morgan fingerprint density at radius 2 is 2.05 bits per heavy atom. The number of carboxylic acids is 1. The van der Waals surface area contributed by atoms with Crippen molar-refractivity contribution < 1.29 is 14.7 Å². The fraction of sp³-hybridized carbons (Fsp3) is 0.0714. The Hall–Kier alpha value is -2.60. The molecule has 0 bridgehead atoms. The van der Waals surface area contributed by atoms with Gasteiger partial charge in [0.05, 0.1) is 22.8 Å². The minimum absolute atomic E-state index is 0.0175. The van der Waals surface area contributed by atoms with Gasteiger partial charge in [0.2, 0.25) is 0 Å². The van der Waals surface area contributed by atoms with Gasteiger partial charge < -0.3 is 15.7 Å². The van der Waals surface area contributed by atoms with Crippen LogP contribution >= 0.6 is 11.6 Å². The Balaban J connectivity index is 1.94. The van der Waals surface area contributed by atoms with Gasteiger partial charge in [-0.25, -0.2) is 9.59 Å². The van der Waals surface area contributed by atoms with Crippen LogP contribution in [0.25, 0.3) is 0 Å². The molecule has 108 valence electrons. The lowest BCUT2D eigenvalue weighted by Crippen LogP contribution is -2.28. The summed E-state index contributed by atoms with van der Waals surface area (Å²) in [6.45, 7) is 0.285. The van der Waals surface area contributed by atoms with Gasteiger partial charge in [-0.15, -0.1) is 0 Å². The zero-order chi connectivity index (χ0) is 15.2. The molecule has 2 amide bonds. The molecule has 2 rings (SSSR count). The van der Waals surface area contributed by atoms with Gasteiger partial charge in [-0.3, -0.25) is 4.98 Å². The van der Waals surface area contributed by atoms with Crippen molar-refractivity contribution in [2.45, 2.75) is 6.54 Å². The average Bonchev–Trinajstić information content (AvgIpc) is 2.46. The Morgan fingerprint density at radius 3 is 2.67 bits per heavy atom. The summed E-state index contributed by atoms with van der Waals surface area (Å²) in [5, 5.41) is 14.1. The van der Waals surface area contributed by atoms with Crippen molar-refractivity contribution in [1.29, 1.82) is 0 Å². The smallest absolute Gasteiger partial charge is 0.337 e. The molecule has 1 heterocycles. The number of aromatic carboxylic acids is 1. The third kappa shape index (κ3) is 4.19. The highest BCUT2D eigenvalue weighted by atomic mass is 35.5. The van der Waals surface area contributed by atoms with Crippen molar-refractivity contribution >= 4 is 29.3 Å². The Morgan fingerprint density at radius 1 is 1.24 bits per heavy atom. The van der Waals surface area contributed by atoms with Gasteiger partial charge in [-0.2, -0.15) is 0 Å². The maximum Gasteiger partial charge on any atom is 0.337 e. The first-order valence-electron chi connectivity index (χ1n) is 6.04. The SMILES string of the molecule is O=C(NCc1ccccn1)Nc1ccc(C(=O)O)c(Cl)c1. The second-order valence-corrected chi connectivity index (χ2v) is 4.54. The van der Waals surface area contributed by atoms with E-state index in [9.17, 15) is 9.59 Å². The maximum atomic E-state index is 11.7. The average molecular weight is 306 g/mol. The number of benzene rings is 1. The number of rotatable bonds is 4. The number of carbonyl (C=O) groups excluding carboxylic acids is 1. The molecule has 0 unspecified atom stereocenters. The van der Waals surface area contributed by atoms with Crippen LogP contribution in [0.3, 0.4) is 0 Å². The fourth-order valence-electron chi connectivity index (χ4n) is 1.62. The van der Waals surface area contributed by atoms with E-state index in [-0.39, 0.29) is 17.1 Å². The van der Waals surface area contributed by atoms with E-state index >= 15 is 0 Å². The van der Waals surface area contributed by atoms with E-state index < -0.39 is 12.0 Å². The number of halogens is 1. The second-order valence-electron chi connectivity index (χ2n) is 4.13. The molecule has 7 heteroatoms. The van der Waals surface area contributed by atoms with Crippen LogP contribution < -0.4 is 10.6 Å². The first-order valence-corrected chi connectivity index (χ1v) is 6.41. The third-order valence-electron chi connectivity index (χ3n) is 2.61. The lowest BCUT2D eigenvalue weighted by molar-refractivity contribution is 0.0697. The number of aromatic nitrogens is 1. The first kappa shape index (κ1) is 14.8. The predicted octanol–water partition coefficient (Wildman–Crippen LogP) is 2.75. The van der Waals surface area contributed by atoms with Crippen LogP contribution in [0.5, 0.6) is 0 Å². The normalized spacial score (nSPS) is 9.95. The molecular formula is C14H12ClN3O3. The van der Waals surface area contributed by atoms with Crippen molar-refractivity contribution in [2.24, 2.45) is 0 Å². The number of amides is 2. The van der Waals surface area contributed by atoms with Crippen LogP contribution in [0.2, 0.25) is 5.02 Å². The lowest BCUT2D eigenvalue weighted by Gasteiger charge is -2.08. The van der Waals surface area contributed by atoms with Crippen LogP contribution in [-0.4, -0.2) is 22.1 Å². The number of nitrogens with zero attached hydrogens (tertiary/aromatic N) is 1. The van der Waals surface area contributed by atoms with Gasteiger partial charge in [0.15, 0.2) is 0 Å². The molecule has 3 N–H and O–H groups in total. The number of carboxylic acid groups (broad SMARTS) is 1. The molecule has 1 aromatic carbocycles. The van der Waals surface area contributed by atoms with Crippen LogP contribution in [0.15, 0.2) is 42.6 Å². The highest BCUT2D eigenvalue weighted by Crippen LogP contribution is 2.20. The predicted molar refractivity (Wildman–Crippen MR) is 78.5 cm³/mol.